The summed E-state index contributed by atoms with van der Waals surface area (Å²) < 4.78 is 42.2. The van der Waals surface area contributed by atoms with E-state index < -0.39 is 15.9 Å². The van der Waals surface area contributed by atoms with Crippen molar-refractivity contribution in [3.63, 3.8) is 0 Å². The first-order valence-corrected chi connectivity index (χ1v) is 13.0. The first-order valence-electron chi connectivity index (χ1n) is 11.5. The summed E-state index contributed by atoms with van der Waals surface area (Å²) in [6.45, 7) is 9.55. The van der Waals surface area contributed by atoms with Gasteiger partial charge in [0.05, 0.1) is 4.90 Å². The summed E-state index contributed by atoms with van der Waals surface area (Å²) >= 11 is 0. The highest BCUT2D eigenvalue weighted by molar-refractivity contribution is 7.90. The Kier molecular flexibility index (Phi) is 8.12. The molecule has 184 valence electrons. The van der Waals surface area contributed by atoms with E-state index in [0.29, 0.717) is 17.6 Å². The minimum Gasteiger partial charge on any atom is -0.383 e. The Morgan fingerprint density at radius 2 is 1.66 bits per heavy atom. The molecule has 0 heterocycles. The third kappa shape index (κ3) is 6.36. The van der Waals surface area contributed by atoms with Crippen LogP contribution in [-0.2, 0) is 14.8 Å². The molecule has 0 atom stereocenters. The normalized spacial score (nSPS) is 12.0. The molecule has 35 heavy (non-hydrogen) atoms. The van der Waals surface area contributed by atoms with Gasteiger partial charge in [0, 0.05) is 22.9 Å². The zero-order valence-corrected chi connectivity index (χ0v) is 21.5. The van der Waals surface area contributed by atoms with Crippen molar-refractivity contribution < 1.29 is 17.6 Å². The summed E-state index contributed by atoms with van der Waals surface area (Å²) in [5.74, 6) is -0.988. The van der Waals surface area contributed by atoms with Crippen LogP contribution in [0, 0.1) is 19.7 Å². The van der Waals surface area contributed by atoms with Gasteiger partial charge in [-0.1, -0.05) is 37.3 Å². The van der Waals surface area contributed by atoms with Crippen molar-refractivity contribution in [2.75, 3.05) is 5.32 Å². The Balaban J connectivity index is 1.90. The lowest BCUT2D eigenvalue weighted by Gasteiger charge is -2.15. The van der Waals surface area contributed by atoms with Crippen LogP contribution in [0.15, 0.2) is 71.1 Å². The first kappa shape index (κ1) is 26.2. The molecule has 1 amide bonds. The zero-order valence-electron chi connectivity index (χ0n) is 20.6. The van der Waals surface area contributed by atoms with Crippen LogP contribution in [0.1, 0.15) is 43.9 Å². The molecule has 0 aliphatic rings. The molecular weight excluding hydrogens is 463 g/mol. The van der Waals surface area contributed by atoms with Crippen molar-refractivity contribution in [2.24, 2.45) is 0 Å². The van der Waals surface area contributed by atoms with Gasteiger partial charge in [-0.25, -0.2) is 17.5 Å². The summed E-state index contributed by atoms with van der Waals surface area (Å²) in [6.07, 6.45) is 2.03. The number of sulfonamides is 1. The summed E-state index contributed by atoms with van der Waals surface area (Å²) in [6, 6.07) is 16.8. The number of nitrogens with one attached hydrogen (secondary N) is 2. The highest BCUT2D eigenvalue weighted by Gasteiger charge is 2.20. The SMILES string of the molecule is CC/C(=C\c1cc(C)c(-c2ccc(NC(C)C)cc2F)cc1C)C(=O)NS(=O)(=O)c1ccccc1. The number of hydrogen-bond acceptors (Lipinski definition) is 4. The summed E-state index contributed by atoms with van der Waals surface area (Å²) in [5, 5.41) is 3.20. The molecule has 0 aliphatic heterocycles. The Morgan fingerprint density at radius 3 is 2.26 bits per heavy atom. The number of anilines is 1. The highest BCUT2D eigenvalue weighted by Crippen LogP contribution is 2.31. The summed E-state index contributed by atoms with van der Waals surface area (Å²) in [5.41, 5.74) is 4.78. The van der Waals surface area contributed by atoms with Gasteiger partial charge < -0.3 is 5.32 Å². The van der Waals surface area contributed by atoms with Crippen LogP contribution in [0.3, 0.4) is 0 Å². The van der Waals surface area contributed by atoms with Crippen LogP contribution in [-0.4, -0.2) is 20.4 Å². The largest absolute Gasteiger partial charge is 0.383 e. The fourth-order valence-electron chi connectivity index (χ4n) is 3.80. The third-order valence-electron chi connectivity index (χ3n) is 5.61. The van der Waals surface area contributed by atoms with Crippen LogP contribution in [0.5, 0.6) is 0 Å². The second-order valence-corrected chi connectivity index (χ2v) is 10.5. The number of carbonyl (C=O) groups excluding carboxylic acids is 1. The predicted molar refractivity (Wildman–Crippen MR) is 140 cm³/mol. The van der Waals surface area contributed by atoms with Crippen molar-refractivity contribution in [3.05, 3.63) is 88.7 Å². The molecule has 5 nitrogen and oxygen atoms in total. The molecule has 0 fully saturated rings. The first-order chi connectivity index (χ1) is 16.5. The van der Waals surface area contributed by atoms with Gasteiger partial charge in [0.1, 0.15) is 5.82 Å². The molecule has 3 rings (SSSR count). The fraction of sp³-hybridized carbons (Fsp3) is 0.250. The highest BCUT2D eigenvalue weighted by atomic mass is 32.2. The maximum absolute atomic E-state index is 14.9. The maximum Gasteiger partial charge on any atom is 0.264 e. The predicted octanol–water partition coefficient (Wildman–Crippen LogP) is 6.23. The van der Waals surface area contributed by atoms with E-state index in [4.69, 9.17) is 0 Å². The molecule has 7 heteroatoms. The summed E-state index contributed by atoms with van der Waals surface area (Å²) in [7, 11) is -3.97. The quantitative estimate of drug-likeness (QED) is 0.364. The topological polar surface area (TPSA) is 75.3 Å². The second-order valence-electron chi connectivity index (χ2n) is 8.79. The number of hydrogen-bond donors (Lipinski definition) is 2. The van der Waals surface area contributed by atoms with E-state index in [1.54, 1.807) is 37.3 Å². The van der Waals surface area contributed by atoms with E-state index >= 15 is 0 Å². The average Bonchev–Trinajstić information content (AvgIpc) is 2.79. The minimum atomic E-state index is -3.97. The molecule has 0 aromatic heterocycles. The summed E-state index contributed by atoms with van der Waals surface area (Å²) in [4.78, 5) is 12.8. The van der Waals surface area contributed by atoms with E-state index in [1.807, 2.05) is 45.9 Å². The number of halogens is 1. The lowest BCUT2D eigenvalue weighted by Crippen LogP contribution is -2.31. The van der Waals surface area contributed by atoms with Crippen molar-refractivity contribution in [2.45, 2.75) is 52.0 Å². The van der Waals surface area contributed by atoms with Gasteiger partial charge in [-0.3, -0.25) is 4.79 Å². The molecule has 0 saturated heterocycles. The molecule has 0 unspecified atom stereocenters. The standard InChI is InChI=1S/C28H31FN2O3S/c1-6-21(28(32)31-35(33,34)24-10-8-7-9-11-24)16-22-14-20(5)26(15-19(22)4)25-13-12-23(17-27(25)29)30-18(2)3/h7-18,30H,6H2,1-5H3,(H,31,32)/b21-16+. The lowest BCUT2D eigenvalue weighted by atomic mass is 9.93. The minimum absolute atomic E-state index is 0.0248. The van der Waals surface area contributed by atoms with Gasteiger partial charge in [-0.05, 0) is 92.8 Å². The van der Waals surface area contributed by atoms with E-state index in [0.717, 1.165) is 27.9 Å². The second kappa shape index (κ2) is 10.9. The van der Waals surface area contributed by atoms with E-state index in [-0.39, 0.29) is 16.8 Å². The van der Waals surface area contributed by atoms with E-state index in [9.17, 15) is 17.6 Å². The molecule has 0 saturated carbocycles. The van der Waals surface area contributed by atoms with Crippen LogP contribution in [0.4, 0.5) is 10.1 Å². The van der Waals surface area contributed by atoms with Gasteiger partial charge in [0.15, 0.2) is 0 Å². The molecule has 0 bridgehead atoms. The fourth-order valence-corrected chi connectivity index (χ4v) is 4.81. The molecule has 0 aliphatic carbocycles. The Morgan fingerprint density at radius 1 is 0.971 bits per heavy atom. The molecule has 0 spiro atoms. The van der Waals surface area contributed by atoms with Crippen molar-refractivity contribution in [1.82, 2.24) is 4.72 Å². The molecule has 0 radical (unpaired) electrons. The van der Waals surface area contributed by atoms with Crippen molar-refractivity contribution in [3.8, 4) is 11.1 Å². The lowest BCUT2D eigenvalue weighted by molar-refractivity contribution is -0.115. The number of carbonyl (C=O) groups is 1. The monoisotopic (exact) mass is 494 g/mol. The Labute approximate surface area is 207 Å². The third-order valence-corrected chi connectivity index (χ3v) is 6.96. The Hall–Kier alpha value is -3.45. The number of benzene rings is 3. The number of rotatable bonds is 8. The van der Waals surface area contributed by atoms with Crippen molar-refractivity contribution >= 4 is 27.7 Å². The number of amides is 1. The van der Waals surface area contributed by atoms with E-state index in [1.165, 1.54) is 18.2 Å². The molecular formula is C28H31FN2O3S. The average molecular weight is 495 g/mol. The zero-order chi connectivity index (χ0) is 25.8. The van der Waals surface area contributed by atoms with Gasteiger partial charge in [0.2, 0.25) is 0 Å². The van der Waals surface area contributed by atoms with Gasteiger partial charge >= 0.3 is 0 Å². The van der Waals surface area contributed by atoms with Crippen LogP contribution < -0.4 is 10.0 Å². The molecule has 3 aromatic carbocycles. The van der Waals surface area contributed by atoms with Crippen LogP contribution >= 0.6 is 0 Å². The van der Waals surface area contributed by atoms with Crippen LogP contribution in [0.2, 0.25) is 0 Å². The van der Waals surface area contributed by atoms with E-state index in [2.05, 4.69) is 10.0 Å². The molecule has 2 N–H and O–H groups in total. The van der Waals surface area contributed by atoms with Crippen molar-refractivity contribution in [1.29, 1.82) is 0 Å². The van der Waals surface area contributed by atoms with Gasteiger partial charge in [-0.15, -0.1) is 0 Å². The smallest absolute Gasteiger partial charge is 0.264 e. The number of aryl methyl sites for hydroxylation is 2. The maximum atomic E-state index is 14.9. The van der Waals surface area contributed by atoms with Gasteiger partial charge in [-0.2, -0.15) is 0 Å². The Bertz CT molecular complexity index is 1360. The van der Waals surface area contributed by atoms with Crippen LogP contribution in [0.25, 0.3) is 17.2 Å². The van der Waals surface area contributed by atoms with Gasteiger partial charge in [0.25, 0.3) is 15.9 Å². The molecule has 3 aromatic rings.